The largest absolute Gasteiger partial charge is 0.371 e. The van der Waals surface area contributed by atoms with Gasteiger partial charge in [-0.2, -0.15) is 0 Å². The first-order valence-corrected chi connectivity index (χ1v) is 9.03. The Morgan fingerprint density at radius 2 is 2.04 bits per heavy atom. The molecule has 132 valence electrons. The first-order chi connectivity index (χ1) is 12.2. The van der Waals surface area contributed by atoms with Crippen LogP contribution in [-0.4, -0.2) is 43.6 Å². The van der Waals surface area contributed by atoms with Gasteiger partial charge in [0, 0.05) is 36.8 Å². The van der Waals surface area contributed by atoms with Gasteiger partial charge < -0.3 is 10.1 Å². The number of hydrogen-bond acceptors (Lipinski definition) is 3. The van der Waals surface area contributed by atoms with E-state index in [0.717, 1.165) is 32.7 Å². The molecule has 3 rings (SSSR count). The molecular formula is C20H23ClN2O2. The first kappa shape index (κ1) is 17.9. The highest BCUT2D eigenvalue weighted by Crippen LogP contribution is 2.21. The summed E-state index contributed by atoms with van der Waals surface area (Å²) in [5, 5.41) is 3.53. The van der Waals surface area contributed by atoms with Crippen molar-refractivity contribution >= 4 is 17.5 Å². The topological polar surface area (TPSA) is 41.6 Å². The lowest BCUT2D eigenvalue weighted by Gasteiger charge is -2.33. The number of morpholine rings is 1. The van der Waals surface area contributed by atoms with Crippen molar-refractivity contribution in [3.05, 3.63) is 70.7 Å². The fourth-order valence-electron chi connectivity index (χ4n) is 3.01. The third-order valence-corrected chi connectivity index (χ3v) is 4.58. The van der Waals surface area contributed by atoms with Gasteiger partial charge in [0.15, 0.2) is 0 Å². The van der Waals surface area contributed by atoms with Crippen molar-refractivity contribution in [3.63, 3.8) is 0 Å². The summed E-state index contributed by atoms with van der Waals surface area (Å²) in [4.78, 5) is 14.5. The Labute approximate surface area is 153 Å². The van der Waals surface area contributed by atoms with Gasteiger partial charge in [-0.3, -0.25) is 9.69 Å². The minimum absolute atomic E-state index is 0.0772. The molecule has 2 aromatic carbocycles. The summed E-state index contributed by atoms with van der Waals surface area (Å²) in [5.74, 6) is -0.0772. The van der Waals surface area contributed by atoms with Crippen LogP contribution in [0.15, 0.2) is 54.6 Å². The number of benzene rings is 2. The summed E-state index contributed by atoms with van der Waals surface area (Å²) in [6, 6.07) is 17.3. The van der Waals surface area contributed by atoms with Gasteiger partial charge in [0.05, 0.1) is 12.7 Å². The van der Waals surface area contributed by atoms with E-state index in [9.17, 15) is 4.79 Å². The molecule has 1 saturated heterocycles. The van der Waals surface area contributed by atoms with E-state index in [4.69, 9.17) is 16.3 Å². The summed E-state index contributed by atoms with van der Waals surface area (Å²) in [6.45, 7) is 4.17. The van der Waals surface area contributed by atoms with Crippen LogP contribution in [0.5, 0.6) is 0 Å². The van der Waals surface area contributed by atoms with Gasteiger partial charge in [0.25, 0.3) is 5.91 Å². The normalized spacial score (nSPS) is 18.0. The maximum Gasteiger partial charge on any atom is 0.251 e. The molecule has 4 nitrogen and oxygen atoms in total. The lowest BCUT2D eigenvalue weighted by atomic mass is 10.1. The maximum absolute atomic E-state index is 12.1. The number of carbonyl (C=O) groups excluding carboxylic acids is 1. The Morgan fingerprint density at radius 3 is 2.84 bits per heavy atom. The monoisotopic (exact) mass is 358 g/mol. The average Bonchev–Trinajstić information content (AvgIpc) is 2.66. The molecule has 1 amide bonds. The van der Waals surface area contributed by atoms with Crippen LogP contribution < -0.4 is 5.32 Å². The highest BCUT2D eigenvalue weighted by Gasteiger charge is 2.21. The molecule has 5 heteroatoms. The van der Waals surface area contributed by atoms with E-state index in [2.05, 4.69) is 22.3 Å². The molecule has 0 radical (unpaired) electrons. The van der Waals surface area contributed by atoms with Gasteiger partial charge in [-0.1, -0.05) is 48.0 Å². The lowest BCUT2D eigenvalue weighted by molar-refractivity contribution is -0.0301. The fraction of sp³-hybridized carbons (Fsp3) is 0.350. The summed E-state index contributed by atoms with van der Waals surface area (Å²) >= 11 is 5.92. The maximum atomic E-state index is 12.1. The van der Waals surface area contributed by atoms with Crippen LogP contribution in [-0.2, 0) is 4.74 Å². The van der Waals surface area contributed by atoms with Crippen molar-refractivity contribution in [2.24, 2.45) is 0 Å². The number of ether oxygens (including phenoxy) is 1. The molecule has 0 unspecified atom stereocenters. The van der Waals surface area contributed by atoms with Crippen LogP contribution in [0.1, 0.15) is 28.4 Å². The molecule has 1 heterocycles. The van der Waals surface area contributed by atoms with Crippen molar-refractivity contribution in [1.82, 2.24) is 10.2 Å². The van der Waals surface area contributed by atoms with E-state index < -0.39 is 0 Å². The van der Waals surface area contributed by atoms with Crippen LogP contribution >= 0.6 is 11.6 Å². The first-order valence-electron chi connectivity index (χ1n) is 8.65. The number of halogens is 1. The van der Waals surface area contributed by atoms with Crippen LogP contribution in [0.25, 0.3) is 0 Å². The molecule has 0 aromatic heterocycles. The Hall–Kier alpha value is -1.88. The molecule has 1 N–H and O–H groups in total. The van der Waals surface area contributed by atoms with Crippen molar-refractivity contribution in [1.29, 1.82) is 0 Å². The van der Waals surface area contributed by atoms with E-state index >= 15 is 0 Å². The molecule has 0 spiro atoms. The van der Waals surface area contributed by atoms with Crippen LogP contribution in [0.2, 0.25) is 5.02 Å². The average molecular weight is 359 g/mol. The Bertz CT molecular complexity index is 693. The zero-order valence-corrected chi connectivity index (χ0v) is 14.9. The Balaban J connectivity index is 1.41. The zero-order valence-electron chi connectivity index (χ0n) is 14.2. The van der Waals surface area contributed by atoms with Crippen molar-refractivity contribution in [3.8, 4) is 0 Å². The SMILES string of the molecule is O=C(NCCCN1CCO[C@H](c2ccccc2)C1)c1cccc(Cl)c1. The number of hydrogen-bond donors (Lipinski definition) is 1. The second-order valence-corrected chi connectivity index (χ2v) is 6.63. The molecule has 0 bridgehead atoms. The molecule has 1 atom stereocenters. The van der Waals surface area contributed by atoms with E-state index in [0.29, 0.717) is 17.1 Å². The van der Waals surface area contributed by atoms with Crippen LogP contribution in [0, 0.1) is 0 Å². The van der Waals surface area contributed by atoms with Crippen LogP contribution in [0.3, 0.4) is 0 Å². The second kappa shape index (κ2) is 8.99. The minimum atomic E-state index is -0.0772. The van der Waals surface area contributed by atoms with Gasteiger partial charge in [-0.05, 0) is 30.2 Å². The van der Waals surface area contributed by atoms with E-state index in [1.54, 1.807) is 24.3 Å². The highest BCUT2D eigenvalue weighted by atomic mass is 35.5. The van der Waals surface area contributed by atoms with Gasteiger partial charge in [0.1, 0.15) is 0 Å². The molecule has 1 aliphatic heterocycles. The van der Waals surface area contributed by atoms with Gasteiger partial charge >= 0.3 is 0 Å². The van der Waals surface area contributed by atoms with Crippen molar-refractivity contribution in [2.45, 2.75) is 12.5 Å². The quantitative estimate of drug-likeness (QED) is 0.803. The molecule has 25 heavy (non-hydrogen) atoms. The smallest absolute Gasteiger partial charge is 0.251 e. The molecule has 0 saturated carbocycles. The highest BCUT2D eigenvalue weighted by molar-refractivity contribution is 6.30. The minimum Gasteiger partial charge on any atom is -0.371 e. The number of rotatable bonds is 6. The number of carbonyl (C=O) groups is 1. The van der Waals surface area contributed by atoms with Crippen molar-refractivity contribution in [2.75, 3.05) is 32.8 Å². The molecule has 2 aromatic rings. The number of nitrogens with one attached hydrogen (secondary N) is 1. The van der Waals surface area contributed by atoms with Crippen molar-refractivity contribution < 1.29 is 9.53 Å². The number of amides is 1. The van der Waals surface area contributed by atoms with Crippen LogP contribution in [0.4, 0.5) is 0 Å². The third kappa shape index (κ3) is 5.30. The summed E-state index contributed by atoms with van der Waals surface area (Å²) < 4.78 is 5.88. The van der Waals surface area contributed by atoms with Gasteiger partial charge in [-0.15, -0.1) is 0 Å². The Kier molecular flexibility index (Phi) is 6.45. The van der Waals surface area contributed by atoms with Gasteiger partial charge in [-0.25, -0.2) is 0 Å². The third-order valence-electron chi connectivity index (χ3n) is 4.35. The van der Waals surface area contributed by atoms with Gasteiger partial charge in [0.2, 0.25) is 0 Å². The predicted octanol–water partition coefficient (Wildman–Crippen LogP) is 3.53. The lowest BCUT2D eigenvalue weighted by Crippen LogP contribution is -2.39. The second-order valence-electron chi connectivity index (χ2n) is 6.19. The molecule has 1 aliphatic rings. The van der Waals surface area contributed by atoms with E-state index in [1.165, 1.54) is 5.56 Å². The molecule has 0 aliphatic carbocycles. The molecule has 1 fully saturated rings. The predicted molar refractivity (Wildman–Crippen MR) is 100.0 cm³/mol. The Morgan fingerprint density at radius 1 is 1.20 bits per heavy atom. The summed E-state index contributed by atoms with van der Waals surface area (Å²) in [5.41, 5.74) is 1.82. The zero-order chi connectivity index (χ0) is 17.5. The fourth-order valence-corrected chi connectivity index (χ4v) is 3.20. The standard InChI is InChI=1S/C20H23ClN2O2/c21-18-9-4-8-17(14-18)20(24)22-10-5-11-23-12-13-25-19(15-23)16-6-2-1-3-7-16/h1-4,6-9,14,19H,5,10-13,15H2,(H,22,24)/t19-/m0/s1. The summed E-state index contributed by atoms with van der Waals surface area (Å²) in [6.07, 6.45) is 1.05. The number of nitrogens with zero attached hydrogens (tertiary/aromatic N) is 1. The molecular weight excluding hydrogens is 336 g/mol. The van der Waals surface area contributed by atoms with E-state index in [-0.39, 0.29) is 12.0 Å². The summed E-state index contributed by atoms with van der Waals surface area (Å²) in [7, 11) is 0. The van der Waals surface area contributed by atoms with E-state index in [1.807, 2.05) is 18.2 Å².